The van der Waals surface area contributed by atoms with E-state index >= 15 is 0 Å². The highest BCUT2D eigenvalue weighted by atomic mass is 32.2. The molecule has 2 aromatic heterocycles. The molecule has 176 valence electrons. The summed E-state index contributed by atoms with van der Waals surface area (Å²) in [6, 6.07) is 11.4. The van der Waals surface area contributed by atoms with Crippen molar-refractivity contribution in [3.8, 4) is 0 Å². The van der Waals surface area contributed by atoms with Crippen LogP contribution in [0.1, 0.15) is 12.6 Å². The first-order chi connectivity index (χ1) is 16.3. The van der Waals surface area contributed by atoms with Crippen molar-refractivity contribution in [2.75, 3.05) is 11.9 Å². The van der Waals surface area contributed by atoms with Crippen LogP contribution in [0.3, 0.4) is 0 Å². The largest absolute Gasteiger partial charge is 0.466 e. The number of rotatable bonds is 8. The second-order valence-corrected chi connectivity index (χ2v) is 10.0. The predicted octanol–water partition coefficient (Wildman–Crippen LogP) is 3.81. The molecule has 2 heterocycles. The van der Waals surface area contributed by atoms with Crippen LogP contribution < -0.4 is 5.32 Å². The fourth-order valence-electron chi connectivity index (χ4n) is 3.42. The number of para-hydroxylation sites is 1. The van der Waals surface area contributed by atoms with Crippen LogP contribution in [0.5, 0.6) is 0 Å². The van der Waals surface area contributed by atoms with Crippen molar-refractivity contribution in [1.82, 2.24) is 9.55 Å². The lowest BCUT2D eigenvalue weighted by Gasteiger charge is -2.05. The lowest BCUT2D eigenvalue weighted by molar-refractivity contribution is -0.142. The Morgan fingerprint density at radius 2 is 1.88 bits per heavy atom. The van der Waals surface area contributed by atoms with Gasteiger partial charge in [-0.05, 0) is 37.3 Å². The topological polar surface area (TPSA) is 107 Å². The molecule has 0 atom stereocenters. The van der Waals surface area contributed by atoms with Gasteiger partial charge in [-0.25, -0.2) is 17.8 Å². The summed E-state index contributed by atoms with van der Waals surface area (Å²) < 4.78 is 46.1. The zero-order chi connectivity index (χ0) is 24.3. The van der Waals surface area contributed by atoms with E-state index in [-0.39, 0.29) is 29.4 Å². The molecule has 0 spiro atoms. The highest BCUT2D eigenvalue weighted by Crippen LogP contribution is 2.30. The summed E-state index contributed by atoms with van der Waals surface area (Å²) in [5, 5.41) is 5.10. The summed E-state index contributed by atoms with van der Waals surface area (Å²) in [6.07, 6.45) is 1.41. The van der Waals surface area contributed by atoms with Gasteiger partial charge < -0.3 is 14.6 Å². The third kappa shape index (κ3) is 5.00. The first-order valence-corrected chi connectivity index (χ1v) is 12.6. The summed E-state index contributed by atoms with van der Waals surface area (Å²) in [5.41, 5.74) is 1.04. The number of esters is 1. The molecule has 0 radical (unpaired) electrons. The molecule has 1 amide bonds. The molecule has 4 aromatic rings. The van der Waals surface area contributed by atoms with E-state index in [4.69, 9.17) is 4.74 Å². The average molecular weight is 502 g/mol. The Bertz CT molecular complexity index is 1460. The predicted molar refractivity (Wildman–Crippen MR) is 125 cm³/mol. The third-order valence-electron chi connectivity index (χ3n) is 4.91. The molecule has 0 saturated heterocycles. The Hall–Kier alpha value is -3.57. The van der Waals surface area contributed by atoms with Gasteiger partial charge in [0.1, 0.15) is 12.4 Å². The van der Waals surface area contributed by atoms with Crippen molar-refractivity contribution in [3.63, 3.8) is 0 Å². The summed E-state index contributed by atoms with van der Waals surface area (Å²) in [5.74, 6) is -1.35. The Balaban J connectivity index is 1.56. The smallest absolute Gasteiger partial charge is 0.311 e. The van der Waals surface area contributed by atoms with Crippen LogP contribution in [-0.2, 0) is 37.1 Å². The normalized spacial score (nSPS) is 11.5. The van der Waals surface area contributed by atoms with Crippen molar-refractivity contribution in [3.05, 3.63) is 71.6 Å². The average Bonchev–Trinajstić information content (AvgIpc) is 3.39. The quantitative estimate of drug-likeness (QED) is 0.291. The molecule has 1 N–H and O–H groups in total. The highest BCUT2D eigenvalue weighted by Gasteiger charge is 2.24. The number of benzene rings is 2. The number of nitrogens with one attached hydrogen (secondary N) is 1. The van der Waals surface area contributed by atoms with Crippen molar-refractivity contribution in [1.29, 1.82) is 0 Å². The van der Waals surface area contributed by atoms with Gasteiger partial charge in [0.2, 0.25) is 15.7 Å². The number of thiazole rings is 1. The first-order valence-electron chi connectivity index (χ1n) is 10.3. The molecule has 0 fully saturated rings. The van der Waals surface area contributed by atoms with Gasteiger partial charge in [-0.15, -0.1) is 11.3 Å². The van der Waals surface area contributed by atoms with Crippen LogP contribution in [-0.4, -0.2) is 36.5 Å². The van der Waals surface area contributed by atoms with Gasteiger partial charge in [-0.2, -0.15) is 0 Å². The van der Waals surface area contributed by atoms with E-state index < -0.39 is 27.5 Å². The number of hydrogen-bond acceptors (Lipinski definition) is 7. The van der Waals surface area contributed by atoms with E-state index in [2.05, 4.69) is 10.3 Å². The molecule has 0 bridgehead atoms. The lowest BCUT2D eigenvalue weighted by atomic mass is 10.2. The second kappa shape index (κ2) is 9.74. The molecule has 2 aromatic carbocycles. The molecule has 4 rings (SSSR count). The Morgan fingerprint density at radius 1 is 1.15 bits per heavy atom. The van der Waals surface area contributed by atoms with E-state index in [1.807, 2.05) is 0 Å². The van der Waals surface area contributed by atoms with Crippen LogP contribution >= 0.6 is 11.3 Å². The maximum atomic E-state index is 13.3. The number of sulfone groups is 1. The summed E-state index contributed by atoms with van der Waals surface area (Å²) in [4.78, 5) is 28.5. The van der Waals surface area contributed by atoms with Crippen LogP contribution in [0.4, 0.5) is 9.52 Å². The molecular weight excluding hydrogens is 481 g/mol. The van der Waals surface area contributed by atoms with Gasteiger partial charge in [0.15, 0.2) is 5.13 Å². The maximum absolute atomic E-state index is 13.3. The van der Waals surface area contributed by atoms with Crippen LogP contribution in [0.2, 0.25) is 0 Å². The molecule has 8 nitrogen and oxygen atoms in total. The van der Waals surface area contributed by atoms with E-state index in [1.165, 1.54) is 34.2 Å². The molecule has 34 heavy (non-hydrogen) atoms. The minimum atomic E-state index is -3.94. The highest BCUT2D eigenvalue weighted by molar-refractivity contribution is 7.91. The number of nitrogens with zero attached hydrogens (tertiary/aromatic N) is 2. The Kier molecular flexibility index (Phi) is 6.75. The first kappa shape index (κ1) is 23.6. The van der Waals surface area contributed by atoms with Gasteiger partial charge in [0.25, 0.3) is 0 Å². The molecule has 0 aliphatic rings. The number of fused-ring (bicyclic) bond motifs is 1. The molecule has 0 aliphatic heterocycles. The van der Waals surface area contributed by atoms with Gasteiger partial charge in [0.05, 0.1) is 28.5 Å². The number of ether oxygens (including phenoxy) is 1. The zero-order valence-corrected chi connectivity index (χ0v) is 19.7. The van der Waals surface area contributed by atoms with Crippen molar-refractivity contribution in [2.45, 2.75) is 29.7 Å². The zero-order valence-electron chi connectivity index (χ0n) is 18.0. The number of halogens is 1. The maximum Gasteiger partial charge on any atom is 0.311 e. The SMILES string of the molecule is CCOC(=O)Cc1csc(NC(=O)Cn2cc(S(=O)(=O)c3ccc(F)cc3)c3ccccc32)n1. The number of carbonyl (C=O) groups is 2. The summed E-state index contributed by atoms with van der Waals surface area (Å²) >= 11 is 1.17. The van der Waals surface area contributed by atoms with Gasteiger partial charge in [-0.1, -0.05) is 18.2 Å². The number of amides is 1. The minimum Gasteiger partial charge on any atom is -0.466 e. The van der Waals surface area contributed by atoms with Gasteiger partial charge in [0, 0.05) is 22.5 Å². The van der Waals surface area contributed by atoms with E-state index in [0.29, 0.717) is 21.7 Å². The molecule has 0 unspecified atom stereocenters. The van der Waals surface area contributed by atoms with Gasteiger partial charge >= 0.3 is 5.97 Å². The van der Waals surface area contributed by atoms with Crippen molar-refractivity contribution >= 4 is 49.1 Å². The monoisotopic (exact) mass is 501 g/mol. The lowest BCUT2D eigenvalue weighted by Crippen LogP contribution is -2.18. The number of carbonyl (C=O) groups excluding carboxylic acids is 2. The summed E-state index contributed by atoms with van der Waals surface area (Å²) in [7, 11) is -3.94. The number of hydrogen-bond donors (Lipinski definition) is 1. The fourth-order valence-corrected chi connectivity index (χ4v) is 5.62. The number of aromatic nitrogens is 2. The fraction of sp³-hybridized carbons (Fsp3) is 0.174. The van der Waals surface area contributed by atoms with E-state index in [9.17, 15) is 22.4 Å². The van der Waals surface area contributed by atoms with Crippen LogP contribution in [0, 0.1) is 5.82 Å². The molecule has 0 saturated carbocycles. The van der Waals surface area contributed by atoms with Crippen molar-refractivity contribution < 1.29 is 27.1 Å². The Labute approximate surface area is 198 Å². The molecular formula is C23H20FN3O5S2. The van der Waals surface area contributed by atoms with Crippen LogP contribution in [0.15, 0.2) is 69.9 Å². The third-order valence-corrected chi connectivity index (χ3v) is 7.51. The number of anilines is 1. The second-order valence-electron chi connectivity index (χ2n) is 7.27. The standard InChI is InChI=1S/C23H20FN3O5S2/c1-2-32-22(29)11-16-14-33-23(25-16)26-21(28)13-27-12-20(18-5-3-4-6-19(18)27)34(30,31)17-9-7-15(24)8-10-17/h3-10,12,14H,2,11,13H2,1H3,(H,25,26,28). The molecule has 11 heteroatoms. The van der Waals surface area contributed by atoms with E-state index in [1.54, 1.807) is 36.6 Å². The van der Waals surface area contributed by atoms with Crippen LogP contribution in [0.25, 0.3) is 10.9 Å². The van der Waals surface area contributed by atoms with E-state index in [0.717, 1.165) is 12.1 Å². The minimum absolute atomic E-state index is 0.00700. The van der Waals surface area contributed by atoms with Gasteiger partial charge in [-0.3, -0.25) is 9.59 Å². The van der Waals surface area contributed by atoms with Crippen molar-refractivity contribution in [2.24, 2.45) is 0 Å². The summed E-state index contributed by atoms with van der Waals surface area (Å²) in [6.45, 7) is 1.83. The molecule has 0 aliphatic carbocycles. The Morgan fingerprint density at radius 3 is 2.62 bits per heavy atom.